The first-order valence-corrected chi connectivity index (χ1v) is 5.67. The Balaban J connectivity index is 1.96. The summed E-state index contributed by atoms with van der Waals surface area (Å²) in [4.78, 5) is 16.1. The Hall–Kier alpha value is -1.42. The number of nitrogens with one attached hydrogen (secondary N) is 1. The molecular weight excluding hydrogens is 204 g/mol. The van der Waals surface area contributed by atoms with Crippen LogP contribution in [-0.2, 0) is 0 Å². The molecule has 4 heteroatoms. The predicted molar refractivity (Wildman–Crippen MR) is 58.6 cm³/mol. The summed E-state index contributed by atoms with van der Waals surface area (Å²) in [7, 11) is 0. The van der Waals surface area contributed by atoms with Crippen molar-refractivity contribution in [3.63, 3.8) is 0 Å². The number of ketones is 1. The summed E-state index contributed by atoms with van der Waals surface area (Å²) < 4.78 is 5.98. The third-order valence-corrected chi connectivity index (χ3v) is 3.28. The van der Waals surface area contributed by atoms with Gasteiger partial charge in [0.05, 0.1) is 6.42 Å². The van der Waals surface area contributed by atoms with Crippen LogP contribution in [0.15, 0.2) is 18.3 Å². The van der Waals surface area contributed by atoms with E-state index in [-0.39, 0.29) is 11.4 Å². The van der Waals surface area contributed by atoms with E-state index in [9.17, 15) is 4.79 Å². The van der Waals surface area contributed by atoms with Crippen LogP contribution in [0.25, 0.3) is 0 Å². The van der Waals surface area contributed by atoms with E-state index < -0.39 is 0 Å². The van der Waals surface area contributed by atoms with Crippen molar-refractivity contribution in [1.82, 2.24) is 10.3 Å². The maximum absolute atomic E-state index is 12.0. The van der Waals surface area contributed by atoms with Crippen molar-refractivity contribution in [2.45, 2.75) is 24.9 Å². The van der Waals surface area contributed by atoms with Crippen LogP contribution in [0.5, 0.6) is 5.75 Å². The molecule has 4 nitrogen and oxygen atoms in total. The summed E-state index contributed by atoms with van der Waals surface area (Å²) >= 11 is 0. The first-order valence-electron chi connectivity index (χ1n) is 5.67. The lowest BCUT2D eigenvalue weighted by Gasteiger charge is -2.40. The van der Waals surface area contributed by atoms with E-state index in [1.54, 1.807) is 12.3 Å². The predicted octanol–water partition coefficient (Wildman–Crippen LogP) is 1.17. The number of carbonyl (C=O) groups excluding carboxylic acids is 1. The van der Waals surface area contributed by atoms with Crippen molar-refractivity contribution in [2.24, 2.45) is 0 Å². The number of carbonyl (C=O) groups is 1. The second kappa shape index (κ2) is 3.56. The van der Waals surface area contributed by atoms with E-state index in [0.717, 1.165) is 25.9 Å². The zero-order chi connectivity index (χ0) is 11.0. The highest BCUT2D eigenvalue weighted by Crippen LogP contribution is 2.35. The SMILES string of the molecule is O=C1CC2(CCCNC2)Oc2cccnc21. The standard InChI is InChI=1S/C12H14N2O2/c15-9-7-12(4-2-5-13-8-12)16-10-3-1-6-14-11(9)10/h1,3,6,13H,2,4-5,7-8H2. The van der Waals surface area contributed by atoms with E-state index in [0.29, 0.717) is 17.9 Å². The fraction of sp³-hybridized carbons (Fsp3) is 0.500. The number of nitrogens with zero attached hydrogens (tertiary/aromatic N) is 1. The van der Waals surface area contributed by atoms with Gasteiger partial charge in [-0.1, -0.05) is 0 Å². The van der Waals surface area contributed by atoms with Crippen LogP contribution in [0.2, 0.25) is 0 Å². The van der Waals surface area contributed by atoms with Gasteiger partial charge in [-0.25, -0.2) is 4.98 Å². The molecule has 0 bridgehead atoms. The summed E-state index contributed by atoms with van der Waals surface area (Å²) in [6.07, 6.45) is 4.09. The lowest BCUT2D eigenvalue weighted by atomic mass is 9.85. The topological polar surface area (TPSA) is 51.2 Å². The second-order valence-electron chi connectivity index (χ2n) is 4.52. The molecule has 1 N–H and O–H groups in total. The van der Waals surface area contributed by atoms with Gasteiger partial charge in [0.25, 0.3) is 0 Å². The minimum absolute atomic E-state index is 0.102. The van der Waals surface area contributed by atoms with Crippen LogP contribution in [0.1, 0.15) is 29.8 Å². The van der Waals surface area contributed by atoms with Crippen LogP contribution in [0.3, 0.4) is 0 Å². The first kappa shape index (κ1) is 9.78. The number of pyridine rings is 1. The third-order valence-electron chi connectivity index (χ3n) is 3.28. The Labute approximate surface area is 94.0 Å². The van der Waals surface area contributed by atoms with Gasteiger partial charge >= 0.3 is 0 Å². The van der Waals surface area contributed by atoms with Crippen LogP contribution in [0.4, 0.5) is 0 Å². The average Bonchev–Trinajstić information content (AvgIpc) is 2.30. The molecule has 0 amide bonds. The van der Waals surface area contributed by atoms with Gasteiger partial charge in [0.1, 0.15) is 17.0 Å². The molecule has 1 spiro atoms. The van der Waals surface area contributed by atoms with Crippen LogP contribution < -0.4 is 10.1 Å². The van der Waals surface area contributed by atoms with Gasteiger partial charge in [0.15, 0.2) is 5.78 Å². The number of ether oxygens (including phenoxy) is 1. The van der Waals surface area contributed by atoms with Crippen LogP contribution in [-0.4, -0.2) is 29.5 Å². The number of hydrogen-bond donors (Lipinski definition) is 1. The van der Waals surface area contributed by atoms with Crippen LogP contribution >= 0.6 is 0 Å². The Kier molecular flexibility index (Phi) is 2.17. The van der Waals surface area contributed by atoms with Crippen molar-refractivity contribution in [3.8, 4) is 5.75 Å². The second-order valence-corrected chi connectivity index (χ2v) is 4.52. The Morgan fingerprint density at radius 2 is 2.44 bits per heavy atom. The number of rotatable bonds is 0. The zero-order valence-electron chi connectivity index (χ0n) is 9.03. The van der Waals surface area contributed by atoms with E-state index in [4.69, 9.17) is 4.74 Å². The minimum atomic E-state index is -0.328. The summed E-state index contributed by atoms with van der Waals surface area (Å²) in [6.45, 7) is 1.77. The van der Waals surface area contributed by atoms with E-state index in [1.807, 2.05) is 6.07 Å². The molecule has 1 atom stereocenters. The largest absolute Gasteiger partial charge is 0.483 e. The maximum Gasteiger partial charge on any atom is 0.189 e. The normalized spacial score (nSPS) is 28.6. The molecule has 3 heterocycles. The van der Waals surface area contributed by atoms with Gasteiger partial charge in [-0.15, -0.1) is 0 Å². The fourth-order valence-electron chi connectivity index (χ4n) is 2.51. The molecule has 0 saturated carbocycles. The molecule has 0 aliphatic carbocycles. The molecule has 1 unspecified atom stereocenters. The zero-order valence-corrected chi connectivity index (χ0v) is 9.03. The molecule has 3 rings (SSSR count). The quantitative estimate of drug-likeness (QED) is 0.710. The number of piperidine rings is 1. The summed E-state index contributed by atoms with van der Waals surface area (Å²) in [5.41, 5.74) is 0.157. The fourth-order valence-corrected chi connectivity index (χ4v) is 2.51. The van der Waals surface area contributed by atoms with E-state index >= 15 is 0 Å². The van der Waals surface area contributed by atoms with Crippen molar-refractivity contribution in [2.75, 3.05) is 13.1 Å². The van der Waals surface area contributed by atoms with Crippen molar-refractivity contribution >= 4 is 5.78 Å². The smallest absolute Gasteiger partial charge is 0.189 e. The number of hydrogen-bond acceptors (Lipinski definition) is 4. The molecule has 1 aromatic rings. The molecule has 16 heavy (non-hydrogen) atoms. The monoisotopic (exact) mass is 218 g/mol. The minimum Gasteiger partial charge on any atom is -0.483 e. The average molecular weight is 218 g/mol. The molecule has 1 aromatic heterocycles. The first-order chi connectivity index (χ1) is 7.79. The highest BCUT2D eigenvalue weighted by molar-refractivity contribution is 5.98. The van der Waals surface area contributed by atoms with Gasteiger partial charge in [-0.3, -0.25) is 4.79 Å². The Morgan fingerprint density at radius 3 is 3.25 bits per heavy atom. The van der Waals surface area contributed by atoms with Gasteiger partial charge in [-0.2, -0.15) is 0 Å². The lowest BCUT2D eigenvalue weighted by molar-refractivity contribution is 0.0224. The number of Topliss-reactive ketones (excluding diaryl/α,β-unsaturated/α-hetero) is 1. The van der Waals surface area contributed by atoms with E-state index in [2.05, 4.69) is 10.3 Å². The summed E-state index contributed by atoms with van der Waals surface area (Å²) in [5, 5.41) is 3.30. The van der Waals surface area contributed by atoms with Gasteiger partial charge in [0.2, 0.25) is 0 Å². The van der Waals surface area contributed by atoms with Gasteiger partial charge in [-0.05, 0) is 31.5 Å². The molecule has 0 aromatic carbocycles. The summed E-state index contributed by atoms with van der Waals surface area (Å²) in [6, 6.07) is 3.64. The lowest BCUT2D eigenvalue weighted by Crippen LogP contribution is -2.53. The van der Waals surface area contributed by atoms with Gasteiger partial charge in [0, 0.05) is 12.7 Å². The highest BCUT2D eigenvalue weighted by atomic mass is 16.5. The molecule has 2 aliphatic rings. The molecule has 1 saturated heterocycles. The third kappa shape index (κ3) is 1.50. The number of aromatic nitrogens is 1. The maximum atomic E-state index is 12.0. The summed E-state index contributed by atoms with van der Waals surface area (Å²) in [5.74, 6) is 0.744. The molecule has 84 valence electrons. The molecule has 0 radical (unpaired) electrons. The molecule has 2 aliphatic heterocycles. The van der Waals surface area contributed by atoms with Crippen molar-refractivity contribution in [3.05, 3.63) is 24.0 Å². The van der Waals surface area contributed by atoms with Crippen molar-refractivity contribution in [1.29, 1.82) is 0 Å². The molecule has 1 fully saturated rings. The van der Waals surface area contributed by atoms with Crippen molar-refractivity contribution < 1.29 is 9.53 Å². The highest BCUT2D eigenvalue weighted by Gasteiger charge is 2.41. The molecular formula is C12H14N2O2. The van der Waals surface area contributed by atoms with Gasteiger partial charge < -0.3 is 10.1 Å². The van der Waals surface area contributed by atoms with Crippen LogP contribution in [0, 0.1) is 0 Å². The number of fused-ring (bicyclic) bond motifs is 1. The Bertz CT molecular complexity index is 425. The Morgan fingerprint density at radius 1 is 1.50 bits per heavy atom. The van der Waals surface area contributed by atoms with E-state index in [1.165, 1.54) is 0 Å².